The van der Waals surface area contributed by atoms with Gasteiger partial charge in [0.2, 0.25) is 0 Å². The van der Waals surface area contributed by atoms with Gasteiger partial charge >= 0.3 is 0 Å². The quantitative estimate of drug-likeness (QED) is 0.537. The first-order valence-corrected chi connectivity index (χ1v) is 11.8. The van der Waals surface area contributed by atoms with Gasteiger partial charge in [-0.3, -0.25) is 14.5 Å². The molecule has 0 radical (unpaired) electrons. The van der Waals surface area contributed by atoms with Crippen LogP contribution < -0.4 is 0 Å². The minimum atomic E-state index is 0. The van der Waals surface area contributed by atoms with E-state index in [1.807, 2.05) is 0 Å². The van der Waals surface area contributed by atoms with Crippen LogP contribution in [-0.4, -0.2) is 60.1 Å². The number of hydrogen-bond donors (Lipinski definition) is 0. The lowest BCUT2D eigenvalue weighted by atomic mass is 9.90. The number of hydrogen-bond acceptors (Lipinski definition) is 4. The highest BCUT2D eigenvalue weighted by Crippen LogP contribution is 2.24. The van der Waals surface area contributed by atoms with Gasteiger partial charge in [0.05, 0.1) is 6.04 Å². The van der Waals surface area contributed by atoms with Crippen LogP contribution in [0.3, 0.4) is 0 Å². The lowest BCUT2D eigenvalue weighted by molar-refractivity contribution is -0.122. The summed E-state index contributed by atoms with van der Waals surface area (Å²) in [5.74, 6) is 1.02. The van der Waals surface area contributed by atoms with Crippen LogP contribution in [0.5, 0.6) is 0 Å². The molecule has 2 fully saturated rings. The Morgan fingerprint density at radius 3 is 1.83 bits per heavy atom. The predicted octanol–water partition coefficient (Wildman–Crippen LogP) is 5.84. The van der Waals surface area contributed by atoms with Crippen molar-refractivity contribution < 1.29 is 9.59 Å². The molecule has 0 N–H and O–H groups in total. The summed E-state index contributed by atoms with van der Waals surface area (Å²) in [7, 11) is 0. The SMILES string of the molecule is C.CC(=O)C1CCCN(CCC(C)(C)C)C1.CC(=O)C1CCCN1CCC(C)(C)C. The molecule has 2 aliphatic rings. The summed E-state index contributed by atoms with van der Waals surface area (Å²) < 4.78 is 0. The zero-order valence-corrected chi connectivity index (χ0v) is 20.6. The van der Waals surface area contributed by atoms with E-state index in [0.29, 0.717) is 28.3 Å². The predicted molar refractivity (Wildman–Crippen MR) is 130 cm³/mol. The van der Waals surface area contributed by atoms with Crippen LogP contribution in [0, 0.1) is 16.7 Å². The van der Waals surface area contributed by atoms with Crippen LogP contribution in [0.1, 0.15) is 101 Å². The number of carbonyl (C=O) groups is 2. The van der Waals surface area contributed by atoms with E-state index >= 15 is 0 Å². The summed E-state index contributed by atoms with van der Waals surface area (Å²) in [4.78, 5) is 27.5. The smallest absolute Gasteiger partial charge is 0.146 e. The Labute approximate surface area is 188 Å². The zero-order valence-electron chi connectivity index (χ0n) is 20.6. The Bertz CT molecular complexity index is 516. The second-order valence-corrected chi connectivity index (χ2v) is 11.7. The molecular formula is C26H52N2O2. The second kappa shape index (κ2) is 13.0. The van der Waals surface area contributed by atoms with Gasteiger partial charge in [-0.15, -0.1) is 0 Å². The Morgan fingerprint density at radius 2 is 1.33 bits per heavy atom. The first-order chi connectivity index (χ1) is 13.3. The molecule has 2 atom stereocenters. The fourth-order valence-electron chi connectivity index (χ4n) is 4.12. The van der Waals surface area contributed by atoms with Crippen LogP contribution in [0.2, 0.25) is 0 Å². The van der Waals surface area contributed by atoms with E-state index in [-0.39, 0.29) is 13.5 Å². The van der Waals surface area contributed by atoms with Gasteiger partial charge < -0.3 is 4.90 Å². The van der Waals surface area contributed by atoms with Gasteiger partial charge in [-0.2, -0.15) is 0 Å². The number of nitrogens with zero attached hydrogens (tertiary/aromatic N) is 2. The highest BCUT2D eigenvalue weighted by molar-refractivity contribution is 5.81. The van der Waals surface area contributed by atoms with Crippen molar-refractivity contribution in [3.63, 3.8) is 0 Å². The molecule has 178 valence electrons. The van der Waals surface area contributed by atoms with E-state index in [9.17, 15) is 9.59 Å². The fourth-order valence-corrected chi connectivity index (χ4v) is 4.12. The monoisotopic (exact) mass is 424 g/mol. The van der Waals surface area contributed by atoms with E-state index in [4.69, 9.17) is 0 Å². The maximum Gasteiger partial charge on any atom is 0.146 e. The Kier molecular flexibility index (Phi) is 12.6. The molecule has 2 saturated heterocycles. The van der Waals surface area contributed by atoms with Crippen molar-refractivity contribution in [3.05, 3.63) is 0 Å². The van der Waals surface area contributed by atoms with Gasteiger partial charge in [0.15, 0.2) is 0 Å². The molecule has 4 nitrogen and oxygen atoms in total. The number of rotatable bonds is 6. The zero-order chi connectivity index (χ0) is 22.2. The molecule has 2 unspecified atom stereocenters. The van der Waals surface area contributed by atoms with Crippen LogP contribution in [0.25, 0.3) is 0 Å². The largest absolute Gasteiger partial charge is 0.303 e. The molecule has 2 rings (SSSR count). The number of likely N-dealkylation sites (tertiary alicyclic amines) is 2. The first-order valence-electron chi connectivity index (χ1n) is 11.8. The molecule has 30 heavy (non-hydrogen) atoms. The standard InChI is InChI=1S/C13H25NO.C12H23NO.CH4/c1-11(15)12-6-5-8-14(10-12)9-7-13(2,3)4;1-10(14)11-6-5-8-13(11)9-7-12(2,3)4;/h12H,5-10H2,1-4H3;11H,5-9H2,1-4H3;1H4. The third-order valence-electron chi connectivity index (χ3n) is 6.24. The van der Waals surface area contributed by atoms with Crippen molar-refractivity contribution >= 4 is 11.6 Å². The third kappa shape index (κ3) is 12.2. The summed E-state index contributed by atoms with van der Waals surface area (Å²) >= 11 is 0. The Hall–Kier alpha value is -0.740. The average Bonchev–Trinajstić information content (AvgIpc) is 3.07. The second-order valence-electron chi connectivity index (χ2n) is 11.7. The van der Waals surface area contributed by atoms with Gasteiger partial charge in [-0.1, -0.05) is 49.0 Å². The molecule has 4 heteroatoms. The van der Waals surface area contributed by atoms with Gasteiger partial charge in [-0.25, -0.2) is 0 Å². The van der Waals surface area contributed by atoms with Crippen LogP contribution in [0.4, 0.5) is 0 Å². The van der Waals surface area contributed by atoms with Crippen molar-refractivity contribution in [2.75, 3.05) is 32.7 Å². The summed E-state index contributed by atoms with van der Waals surface area (Å²) in [5.41, 5.74) is 0.785. The van der Waals surface area contributed by atoms with Gasteiger partial charge in [-0.05, 0) is 89.4 Å². The molecule has 0 bridgehead atoms. The molecule has 0 aromatic heterocycles. The minimum absolute atomic E-state index is 0. The highest BCUT2D eigenvalue weighted by Gasteiger charge is 2.28. The summed E-state index contributed by atoms with van der Waals surface area (Å²) in [6.45, 7) is 22.6. The summed E-state index contributed by atoms with van der Waals surface area (Å²) in [6.07, 6.45) is 6.94. The normalized spacial score (nSPS) is 23.3. The molecule has 0 amide bonds. The number of ketones is 2. The summed E-state index contributed by atoms with van der Waals surface area (Å²) in [5, 5.41) is 0. The Balaban J connectivity index is 0.000000544. The van der Waals surface area contributed by atoms with E-state index in [1.165, 1.54) is 32.2 Å². The van der Waals surface area contributed by atoms with Crippen LogP contribution in [-0.2, 0) is 9.59 Å². The van der Waals surface area contributed by atoms with Crippen molar-refractivity contribution in [3.8, 4) is 0 Å². The summed E-state index contributed by atoms with van der Waals surface area (Å²) in [6, 6.07) is 0.220. The first kappa shape index (κ1) is 29.3. The molecule has 2 aliphatic heterocycles. The van der Waals surface area contributed by atoms with E-state index in [1.54, 1.807) is 13.8 Å². The highest BCUT2D eigenvalue weighted by atomic mass is 16.1. The lowest BCUT2D eigenvalue weighted by Gasteiger charge is -2.33. The third-order valence-corrected chi connectivity index (χ3v) is 6.24. The molecule has 2 heterocycles. The molecular weight excluding hydrogens is 372 g/mol. The van der Waals surface area contributed by atoms with E-state index in [0.717, 1.165) is 39.0 Å². The van der Waals surface area contributed by atoms with Crippen molar-refractivity contribution in [1.29, 1.82) is 0 Å². The molecule has 0 aromatic carbocycles. The lowest BCUT2D eigenvalue weighted by Crippen LogP contribution is -2.39. The maximum atomic E-state index is 11.3. The fraction of sp³-hybridized carbons (Fsp3) is 0.923. The number of carbonyl (C=O) groups excluding carboxylic acids is 2. The van der Waals surface area contributed by atoms with E-state index in [2.05, 4.69) is 51.3 Å². The van der Waals surface area contributed by atoms with Crippen molar-refractivity contribution in [2.45, 2.75) is 107 Å². The van der Waals surface area contributed by atoms with Crippen LogP contribution in [0.15, 0.2) is 0 Å². The van der Waals surface area contributed by atoms with Crippen molar-refractivity contribution in [1.82, 2.24) is 9.80 Å². The van der Waals surface area contributed by atoms with Gasteiger partial charge in [0.1, 0.15) is 11.6 Å². The molecule has 0 aromatic rings. The van der Waals surface area contributed by atoms with Crippen LogP contribution >= 0.6 is 0 Å². The van der Waals surface area contributed by atoms with Gasteiger partial charge in [0, 0.05) is 12.5 Å². The molecule has 0 saturated carbocycles. The van der Waals surface area contributed by atoms with Crippen molar-refractivity contribution in [2.24, 2.45) is 16.7 Å². The topological polar surface area (TPSA) is 40.6 Å². The molecule has 0 aliphatic carbocycles. The average molecular weight is 425 g/mol. The maximum absolute atomic E-state index is 11.3. The Morgan fingerprint density at radius 1 is 0.800 bits per heavy atom. The molecule has 0 spiro atoms. The number of piperidine rings is 1. The van der Waals surface area contributed by atoms with Gasteiger partial charge in [0.25, 0.3) is 0 Å². The minimum Gasteiger partial charge on any atom is -0.303 e. The van der Waals surface area contributed by atoms with E-state index < -0.39 is 0 Å². The number of Topliss-reactive ketones (excluding diaryl/α,β-unsaturated/α-hetero) is 2.